The Morgan fingerprint density at radius 3 is 2.48 bits per heavy atom. The van der Waals surface area contributed by atoms with Gasteiger partial charge in [-0.05, 0) is 18.4 Å². The minimum absolute atomic E-state index is 0.200. The van der Waals surface area contributed by atoms with Gasteiger partial charge in [0.2, 0.25) is 5.91 Å². The minimum atomic E-state index is 0.200. The van der Waals surface area contributed by atoms with Gasteiger partial charge in [0.25, 0.3) is 0 Å². The number of hydrogen-bond donors (Lipinski definition) is 1. The number of carbonyl (C=O) groups excluding carboxylic acids is 1. The summed E-state index contributed by atoms with van der Waals surface area (Å²) in [7, 11) is 0. The normalized spacial score (nSPS) is 10.3. The lowest BCUT2D eigenvalue weighted by molar-refractivity contribution is -0.131. The van der Waals surface area contributed by atoms with Crippen LogP contribution in [0.5, 0.6) is 0 Å². The third-order valence-corrected chi connectivity index (χ3v) is 3.69. The van der Waals surface area contributed by atoms with E-state index < -0.39 is 0 Å². The molecule has 1 rings (SSSR count). The molecule has 0 aromatic heterocycles. The Labute approximate surface area is 133 Å². The summed E-state index contributed by atoms with van der Waals surface area (Å²) in [5, 5.41) is 0. The van der Waals surface area contributed by atoms with Crippen molar-refractivity contribution in [2.45, 2.75) is 45.4 Å². The Kier molecular flexibility index (Phi) is 8.67. The maximum Gasteiger partial charge on any atom is 0.222 e. The van der Waals surface area contributed by atoms with E-state index in [0.717, 1.165) is 32.2 Å². The lowest BCUT2D eigenvalue weighted by Gasteiger charge is -2.22. The number of unbranched alkanes of at least 4 members (excludes halogenated alkanes) is 2. The van der Waals surface area contributed by atoms with Crippen LogP contribution in [0.25, 0.3) is 0 Å². The van der Waals surface area contributed by atoms with Gasteiger partial charge in [0.1, 0.15) is 0 Å². The van der Waals surface area contributed by atoms with Crippen molar-refractivity contribution in [3.05, 3.63) is 35.9 Å². The summed E-state index contributed by atoms with van der Waals surface area (Å²) in [5.74, 6) is 0.200. The van der Waals surface area contributed by atoms with Gasteiger partial charge >= 0.3 is 0 Å². The second-order valence-electron chi connectivity index (χ2n) is 5.29. The summed E-state index contributed by atoms with van der Waals surface area (Å²) in [6.07, 6.45) is 5.30. The van der Waals surface area contributed by atoms with E-state index in [0.29, 0.717) is 24.4 Å². The van der Waals surface area contributed by atoms with Crippen molar-refractivity contribution in [1.29, 1.82) is 0 Å². The lowest BCUT2D eigenvalue weighted by atomic mass is 10.1. The lowest BCUT2D eigenvalue weighted by Crippen LogP contribution is -2.34. The first-order valence-electron chi connectivity index (χ1n) is 7.73. The van der Waals surface area contributed by atoms with Gasteiger partial charge in [-0.15, -0.1) is 0 Å². The quantitative estimate of drug-likeness (QED) is 0.533. The van der Waals surface area contributed by atoms with Crippen molar-refractivity contribution < 1.29 is 4.79 Å². The van der Waals surface area contributed by atoms with Gasteiger partial charge in [-0.3, -0.25) is 4.79 Å². The fourth-order valence-electron chi connectivity index (χ4n) is 2.21. The van der Waals surface area contributed by atoms with Gasteiger partial charge in [0.05, 0.1) is 4.99 Å². The van der Waals surface area contributed by atoms with Crippen LogP contribution in [0.4, 0.5) is 0 Å². The molecule has 1 aromatic carbocycles. The van der Waals surface area contributed by atoms with Crippen molar-refractivity contribution in [2.24, 2.45) is 5.73 Å². The van der Waals surface area contributed by atoms with Crippen molar-refractivity contribution in [3.63, 3.8) is 0 Å². The molecule has 3 nitrogen and oxygen atoms in total. The molecule has 116 valence electrons. The topological polar surface area (TPSA) is 46.3 Å². The van der Waals surface area contributed by atoms with Crippen molar-refractivity contribution >= 4 is 23.1 Å². The zero-order chi connectivity index (χ0) is 15.5. The van der Waals surface area contributed by atoms with E-state index in [1.165, 1.54) is 5.56 Å². The maximum absolute atomic E-state index is 12.4. The highest BCUT2D eigenvalue weighted by molar-refractivity contribution is 7.80. The number of amides is 1. The van der Waals surface area contributed by atoms with Gasteiger partial charge < -0.3 is 10.6 Å². The summed E-state index contributed by atoms with van der Waals surface area (Å²) in [5.41, 5.74) is 6.76. The Morgan fingerprint density at radius 1 is 1.14 bits per heavy atom. The standard InChI is InChI=1S/C17H26N2OS/c1-2-3-7-13-19(14-12-16(18)21)17(20)11-10-15-8-5-4-6-9-15/h4-6,8-9H,2-3,7,10-14H2,1H3,(H2,18,21). The molecular formula is C17H26N2OS. The number of aryl methyl sites for hydroxylation is 1. The van der Waals surface area contributed by atoms with Gasteiger partial charge in [0, 0.05) is 25.9 Å². The zero-order valence-corrected chi connectivity index (χ0v) is 13.7. The second kappa shape index (κ2) is 10.3. The first kappa shape index (κ1) is 17.6. The Balaban J connectivity index is 2.46. The first-order valence-corrected chi connectivity index (χ1v) is 8.14. The molecule has 1 aromatic rings. The van der Waals surface area contributed by atoms with E-state index in [1.807, 2.05) is 23.1 Å². The molecule has 0 bridgehead atoms. The molecular weight excluding hydrogens is 280 g/mol. The van der Waals surface area contributed by atoms with Crippen LogP contribution in [0.1, 0.15) is 44.6 Å². The summed E-state index contributed by atoms with van der Waals surface area (Å²) in [6.45, 7) is 3.62. The summed E-state index contributed by atoms with van der Waals surface area (Å²) < 4.78 is 0. The summed E-state index contributed by atoms with van der Waals surface area (Å²) in [4.78, 5) is 14.8. The van der Waals surface area contributed by atoms with Gasteiger partial charge in [-0.2, -0.15) is 0 Å². The zero-order valence-electron chi connectivity index (χ0n) is 12.9. The largest absolute Gasteiger partial charge is 0.393 e. The van der Waals surface area contributed by atoms with Crippen molar-refractivity contribution in [1.82, 2.24) is 4.90 Å². The van der Waals surface area contributed by atoms with E-state index in [1.54, 1.807) is 0 Å². The van der Waals surface area contributed by atoms with Crippen LogP contribution in [-0.4, -0.2) is 28.9 Å². The molecule has 0 spiro atoms. The van der Waals surface area contributed by atoms with E-state index in [-0.39, 0.29) is 5.91 Å². The number of rotatable bonds is 10. The number of thiocarbonyl (C=S) groups is 1. The average molecular weight is 306 g/mol. The molecule has 0 atom stereocenters. The highest BCUT2D eigenvalue weighted by Crippen LogP contribution is 2.07. The average Bonchev–Trinajstić information content (AvgIpc) is 2.49. The Morgan fingerprint density at radius 2 is 1.86 bits per heavy atom. The van der Waals surface area contributed by atoms with Gasteiger partial charge in [-0.1, -0.05) is 62.3 Å². The maximum atomic E-state index is 12.4. The van der Waals surface area contributed by atoms with Gasteiger partial charge in [-0.25, -0.2) is 0 Å². The van der Waals surface area contributed by atoms with Crippen LogP contribution >= 0.6 is 12.2 Å². The molecule has 1 amide bonds. The van der Waals surface area contributed by atoms with E-state index in [2.05, 4.69) is 19.1 Å². The van der Waals surface area contributed by atoms with E-state index in [4.69, 9.17) is 18.0 Å². The highest BCUT2D eigenvalue weighted by Gasteiger charge is 2.13. The third kappa shape index (κ3) is 7.81. The molecule has 0 unspecified atom stereocenters. The molecule has 0 saturated carbocycles. The molecule has 0 heterocycles. The molecule has 2 N–H and O–H groups in total. The van der Waals surface area contributed by atoms with Crippen LogP contribution < -0.4 is 5.73 Å². The Hall–Kier alpha value is -1.42. The fraction of sp³-hybridized carbons (Fsp3) is 0.529. The molecule has 0 radical (unpaired) electrons. The van der Waals surface area contributed by atoms with Crippen LogP contribution in [0.15, 0.2) is 30.3 Å². The highest BCUT2D eigenvalue weighted by atomic mass is 32.1. The van der Waals surface area contributed by atoms with E-state index >= 15 is 0 Å². The molecule has 21 heavy (non-hydrogen) atoms. The minimum Gasteiger partial charge on any atom is -0.393 e. The molecule has 4 heteroatoms. The number of carbonyl (C=O) groups is 1. The number of hydrogen-bond acceptors (Lipinski definition) is 2. The summed E-state index contributed by atoms with van der Waals surface area (Å²) in [6, 6.07) is 10.1. The molecule has 0 aliphatic rings. The SMILES string of the molecule is CCCCCN(CCC(N)=S)C(=O)CCc1ccccc1. The van der Waals surface area contributed by atoms with Crippen LogP contribution in [0, 0.1) is 0 Å². The smallest absolute Gasteiger partial charge is 0.222 e. The monoisotopic (exact) mass is 306 g/mol. The number of benzene rings is 1. The molecule has 0 fully saturated rings. The summed E-state index contributed by atoms with van der Waals surface area (Å²) >= 11 is 4.92. The number of nitrogens with two attached hydrogens (primary N) is 1. The second-order valence-corrected chi connectivity index (χ2v) is 5.81. The number of nitrogens with zero attached hydrogens (tertiary/aromatic N) is 1. The predicted octanol–water partition coefficient (Wildman–Crippen LogP) is 3.31. The van der Waals surface area contributed by atoms with Crippen LogP contribution in [0.3, 0.4) is 0 Å². The third-order valence-electron chi connectivity index (χ3n) is 3.48. The first-order chi connectivity index (χ1) is 10.1. The Bertz CT molecular complexity index is 434. The predicted molar refractivity (Wildman–Crippen MR) is 92.3 cm³/mol. The molecule has 0 saturated heterocycles. The molecule has 0 aliphatic carbocycles. The van der Waals surface area contributed by atoms with E-state index in [9.17, 15) is 4.79 Å². The van der Waals surface area contributed by atoms with Gasteiger partial charge in [0.15, 0.2) is 0 Å². The van der Waals surface area contributed by atoms with Crippen LogP contribution in [-0.2, 0) is 11.2 Å². The van der Waals surface area contributed by atoms with Crippen molar-refractivity contribution in [3.8, 4) is 0 Å². The fourth-order valence-corrected chi connectivity index (χ4v) is 2.30. The van der Waals surface area contributed by atoms with Crippen LogP contribution in [0.2, 0.25) is 0 Å². The van der Waals surface area contributed by atoms with Crippen molar-refractivity contribution in [2.75, 3.05) is 13.1 Å². The molecule has 0 aliphatic heterocycles.